The zero-order chi connectivity index (χ0) is 13.2. The van der Waals surface area contributed by atoms with Crippen molar-refractivity contribution in [3.05, 3.63) is 12.7 Å². The lowest BCUT2D eigenvalue weighted by Crippen LogP contribution is -2.55. The molecule has 0 aromatic carbocycles. The fraction of sp³-hybridized carbons (Fsp3) is 0.667. The second kappa shape index (κ2) is 4.62. The van der Waals surface area contributed by atoms with Crippen molar-refractivity contribution in [1.82, 2.24) is 0 Å². The predicted octanol–water partition coefficient (Wildman–Crippen LogP) is 0.179. The van der Waals surface area contributed by atoms with Gasteiger partial charge in [-0.25, -0.2) is 4.18 Å². The summed E-state index contributed by atoms with van der Waals surface area (Å²) in [6.45, 7) is 6.86. The van der Waals surface area contributed by atoms with Gasteiger partial charge in [-0.1, -0.05) is 6.58 Å². The Kier molecular flexibility index (Phi) is 4.40. The molecule has 0 spiro atoms. The maximum Gasteiger partial charge on any atom is 0.400 e. The molecule has 0 bridgehead atoms. The molecule has 7 heteroatoms. The molecule has 0 aliphatic rings. The SMILES string of the molecule is C=CC(=O)C(C)(O)C(C)(C)OS(=O)(=O)OC. The first-order valence-corrected chi connectivity index (χ1v) is 5.74. The van der Waals surface area contributed by atoms with E-state index in [1.54, 1.807) is 0 Å². The van der Waals surface area contributed by atoms with E-state index >= 15 is 0 Å². The highest BCUT2D eigenvalue weighted by molar-refractivity contribution is 7.81. The van der Waals surface area contributed by atoms with Crippen LogP contribution in [0.3, 0.4) is 0 Å². The van der Waals surface area contributed by atoms with Crippen molar-refractivity contribution >= 4 is 16.2 Å². The second-order valence-electron chi connectivity index (χ2n) is 3.81. The Labute approximate surface area is 95.2 Å². The Morgan fingerprint density at radius 2 is 1.81 bits per heavy atom. The summed E-state index contributed by atoms with van der Waals surface area (Å²) in [7, 11) is -3.34. The van der Waals surface area contributed by atoms with Crippen LogP contribution in [0.15, 0.2) is 12.7 Å². The van der Waals surface area contributed by atoms with Gasteiger partial charge in [-0.05, 0) is 26.8 Å². The Balaban J connectivity index is 5.21. The van der Waals surface area contributed by atoms with Gasteiger partial charge in [-0.2, -0.15) is 8.42 Å². The first-order valence-electron chi connectivity index (χ1n) is 4.40. The van der Waals surface area contributed by atoms with E-state index < -0.39 is 27.4 Å². The van der Waals surface area contributed by atoms with Gasteiger partial charge in [-0.3, -0.25) is 8.98 Å². The van der Waals surface area contributed by atoms with E-state index in [0.717, 1.165) is 20.1 Å². The van der Waals surface area contributed by atoms with Crippen molar-refractivity contribution in [2.45, 2.75) is 32.0 Å². The monoisotopic (exact) mass is 252 g/mol. The molecule has 0 saturated heterocycles. The van der Waals surface area contributed by atoms with Crippen molar-refractivity contribution in [2.24, 2.45) is 0 Å². The lowest BCUT2D eigenvalue weighted by Gasteiger charge is -2.36. The Morgan fingerprint density at radius 1 is 1.38 bits per heavy atom. The molecule has 94 valence electrons. The Morgan fingerprint density at radius 3 is 2.12 bits per heavy atom. The summed E-state index contributed by atoms with van der Waals surface area (Å²) in [6, 6.07) is 0. The zero-order valence-electron chi connectivity index (χ0n) is 9.68. The van der Waals surface area contributed by atoms with Gasteiger partial charge in [-0.15, -0.1) is 0 Å². The van der Waals surface area contributed by atoms with Crippen LogP contribution in [0.2, 0.25) is 0 Å². The minimum Gasteiger partial charge on any atom is -0.379 e. The van der Waals surface area contributed by atoms with Crippen molar-refractivity contribution in [2.75, 3.05) is 7.11 Å². The molecule has 0 aromatic rings. The third kappa shape index (κ3) is 3.11. The van der Waals surface area contributed by atoms with Gasteiger partial charge in [0.2, 0.25) is 0 Å². The minimum atomic E-state index is -4.25. The summed E-state index contributed by atoms with van der Waals surface area (Å²) < 4.78 is 30.8. The van der Waals surface area contributed by atoms with Crippen LogP contribution >= 0.6 is 0 Å². The van der Waals surface area contributed by atoms with E-state index in [4.69, 9.17) is 0 Å². The molecule has 1 atom stereocenters. The molecule has 1 N–H and O–H groups in total. The van der Waals surface area contributed by atoms with Gasteiger partial charge in [0.25, 0.3) is 0 Å². The largest absolute Gasteiger partial charge is 0.400 e. The van der Waals surface area contributed by atoms with Crippen LogP contribution in [-0.4, -0.2) is 37.6 Å². The van der Waals surface area contributed by atoms with Gasteiger partial charge >= 0.3 is 10.4 Å². The summed E-state index contributed by atoms with van der Waals surface area (Å²) in [6.07, 6.45) is 0.893. The molecule has 0 radical (unpaired) electrons. The summed E-state index contributed by atoms with van der Waals surface area (Å²) in [5, 5.41) is 9.90. The number of carbonyl (C=O) groups excluding carboxylic acids is 1. The van der Waals surface area contributed by atoms with Crippen LogP contribution in [0, 0.1) is 0 Å². The van der Waals surface area contributed by atoms with Crippen molar-refractivity contribution < 1.29 is 26.7 Å². The highest BCUT2D eigenvalue weighted by Gasteiger charge is 2.48. The van der Waals surface area contributed by atoms with Gasteiger partial charge in [0.1, 0.15) is 5.60 Å². The molecule has 0 heterocycles. The Hall–Kier alpha value is -0.760. The quantitative estimate of drug-likeness (QED) is 0.678. The van der Waals surface area contributed by atoms with Crippen LogP contribution in [0.25, 0.3) is 0 Å². The fourth-order valence-electron chi connectivity index (χ4n) is 0.866. The third-order valence-corrected chi connectivity index (χ3v) is 3.38. The van der Waals surface area contributed by atoms with Crippen LogP contribution in [-0.2, 0) is 23.6 Å². The third-order valence-electron chi connectivity index (χ3n) is 2.35. The van der Waals surface area contributed by atoms with Gasteiger partial charge < -0.3 is 5.11 Å². The van der Waals surface area contributed by atoms with E-state index in [1.807, 2.05) is 0 Å². The normalized spacial score (nSPS) is 16.6. The lowest BCUT2D eigenvalue weighted by molar-refractivity contribution is -0.151. The number of hydrogen-bond donors (Lipinski definition) is 1. The molecule has 16 heavy (non-hydrogen) atoms. The van der Waals surface area contributed by atoms with E-state index in [9.17, 15) is 18.3 Å². The molecular formula is C9H16O6S. The van der Waals surface area contributed by atoms with E-state index in [2.05, 4.69) is 14.9 Å². The molecule has 0 amide bonds. The van der Waals surface area contributed by atoms with Crippen LogP contribution in [0.4, 0.5) is 0 Å². The highest BCUT2D eigenvalue weighted by atomic mass is 32.3. The molecule has 1 unspecified atom stereocenters. The van der Waals surface area contributed by atoms with Gasteiger partial charge in [0, 0.05) is 0 Å². The fourth-order valence-corrected chi connectivity index (χ4v) is 1.61. The average molecular weight is 252 g/mol. The molecule has 0 aromatic heterocycles. The molecule has 0 aliphatic carbocycles. The highest BCUT2D eigenvalue weighted by Crippen LogP contribution is 2.29. The molecule has 0 rings (SSSR count). The van der Waals surface area contributed by atoms with Crippen molar-refractivity contribution in [3.8, 4) is 0 Å². The lowest BCUT2D eigenvalue weighted by atomic mass is 9.84. The molecular weight excluding hydrogens is 236 g/mol. The maximum atomic E-state index is 11.4. The summed E-state index contributed by atoms with van der Waals surface area (Å²) in [5.41, 5.74) is -3.70. The number of aliphatic hydroxyl groups is 1. The maximum absolute atomic E-state index is 11.4. The van der Waals surface area contributed by atoms with Crippen molar-refractivity contribution in [1.29, 1.82) is 0 Å². The Bertz CT molecular complexity index is 379. The zero-order valence-corrected chi connectivity index (χ0v) is 10.5. The van der Waals surface area contributed by atoms with E-state index in [-0.39, 0.29) is 0 Å². The summed E-state index contributed by atoms with van der Waals surface area (Å²) in [4.78, 5) is 11.4. The summed E-state index contributed by atoms with van der Waals surface area (Å²) in [5.74, 6) is -0.746. The molecule has 0 fully saturated rings. The minimum absolute atomic E-state index is 0.746. The number of rotatable bonds is 6. The number of carbonyl (C=O) groups is 1. The molecule has 0 saturated carbocycles. The van der Waals surface area contributed by atoms with Crippen LogP contribution in [0.1, 0.15) is 20.8 Å². The number of ketones is 1. The van der Waals surface area contributed by atoms with Gasteiger partial charge in [0.05, 0.1) is 7.11 Å². The predicted molar refractivity (Wildman–Crippen MR) is 56.9 cm³/mol. The number of hydrogen-bond acceptors (Lipinski definition) is 6. The first kappa shape index (κ1) is 15.2. The molecule has 6 nitrogen and oxygen atoms in total. The topological polar surface area (TPSA) is 89.9 Å². The standard InChI is InChI=1S/C9H16O6S/c1-6-7(10)9(4,11)8(2,3)15-16(12,13)14-5/h6,11H,1H2,2-5H3. The average Bonchev–Trinajstić information content (AvgIpc) is 2.14. The van der Waals surface area contributed by atoms with Gasteiger partial charge in [0.15, 0.2) is 11.4 Å². The van der Waals surface area contributed by atoms with Crippen LogP contribution < -0.4 is 0 Å². The molecule has 0 aliphatic heterocycles. The summed E-state index contributed by atoms with van der Waals surface area (Å²) >= 11 is 0. The first-order chi connectivity index (χ1) is 7.00. The van der Waals surface area contributed by atoms with Crippen molar-refractivity contribution in [3.63, 3.8) is 0 Å². The second-order valence-corrected chi connectivity index (χ2v) is 5.13. The smallest absolute Gasteiger partial charge is 0.379 e. The van der Waals surface area contributed by atoms with E-state index in [1.165, 1.54) is 13.8 Å². The van der Waals surface area contributed by atoms with E-state index in [0.29, 0.717) is 0 Å². The van der Waals surface area contributed by atoms with Crippen LogP contribution in [0.5, 0.6) is 0 Å².